The third kappa shape index (κ3) is 2.49. The Labute approximate surface area is 111 Å². The second-order valence-electron chi connectivity index (χ2n) is 3.83. The zero-order chi connectivity index (χ0) is 13.2. The predicted octanol–water partition coefficient (Wildman–Crippen LogP) is 1.93. The average Bonchev–Trinajstić information content (AvgIpc) is 2.39. The van der Waals surface area contributed by atoms with Crippen LogP contribution in [0.15, 0.2) is 23.1 Å². The van der Waals surface area contributed by atoms with E-state index in [-0.39, 0.29) is 9.92 Å². The average molecular weight is 287 g/mol. The van der Waals surface area contributed by atoms with Gasteiger partial charge in [-0.15, -0.1) is 0 Å². The molecule has 1 aromatic rings. The Bertz CT molecular complexity index is 589. The maximum absolute atomic E-state index is 12.2. The number of nitrogens with zero attached hydrogens (tertiary/aromatic N) is 2. The van der Waals surface area contributed by atoms with Crippen LogP contribution in [-0.2, 0) is 14.9 Å². The molecular formula is C11H11ClN2O3S. The number of benzene rings is 1. The first-order valence-corrected chi connectivity index (χ1v) is 7.23. The third-order valence-corrected chi connectivity index (χ3v) is 4.74. The largest absolute Gasteiger partial charge is 0.284 e. The molecule has 0 aromatic heterocycles. The van der Waals surface area contributed by atoms with Crippen molar-refractivity contribution >= 4 is 21.6 Å². The van der Waals surface area contributed by atoms with E-state index >= 15 is 0 Å². The second-order valence-corrected chi connectivity index (χ2v) is 6.03. The van der Waals surface area contributed by atoms with Crippen molar-refractivity contribution in [2.75, 3.05) is 13.2 Å². The highest BCUT2D eigenvalue weighted by Crippen LogP contribution is 2.27. The molecule has 0 amide bonds. The first-order valence-electron chi connectivity index (χ1n) is 5.41. The first-order chi connectivity index (χ1) is 8.55. The third-order valence-electron chi connectivity index (χ3n) is 2.58. The number of sulfonamides is 1. The number of rotatable bonds is 2. The van der Waals surface area contributed by atoms with Crippen molar-refractivity contribution in [1.82, 2.24) is 4.47 Å². The molecule has 0 bridgehead atoms. The van der Waals surface area contributed by atoms with Crippen LogP contribution in [0.3, 0.4) is 0 Å². The van der Waals surface area contributed by atoms with Gasteiger partial charge in [0, 0.05) is 6.54 Å². The van der Waals surface area contributed by atoms with E-state index in [4.69, 9.17) is 21.7 Å². The fraction of sp³-hybridized carbons (Fsp3) is 0.364. The van der Waals surface area contributed by atoms with Crippen molar-refractivity contribution in [2.45, 2.75) is 17.7 Å². The molecule has 18 heavy (non-hydrogen) atoms. The molecule has 0 atom stereocenters. The number of hydrogen-bond acceptors (Lipinski definition) is 4. The molecule has 1 aliphatic heterocycles. The number of halogens is 1. The van der Waals surface area contributed by atoms with Gasteiger partial charge in [0.15, 0.2) is 0 Å². The van der Waals surface area contributed by atoms with Crippen LogP contribution in [0, 0.1) is 11.3 Å². The second kappa shape index (κ2) is 5.24. The van der Waals surface area contributed by atoms with Gasteiger partial charge < -0.3 is 0 Å². The van der Waals surface area contributed by atoms with Gasteiger partial charge in [-0.3, -0.25) is 4.84 Å². The van der Waals surface area contributed by atoms with E-state index < -0.39 is 10.0 Å². The summed E-state index contributed by atoms with van der Waals surface area (Å²) in [6.45, 7) is 0.700. The van der Waals surface area contributed by atoms with Crippen LogP contribution in [0.5, 0.6) is 0 Å². The fourth-order valence-corrected chi connectivity index (χ4v) is 3.47. The molecule has 1 aromatic carbocycles. The monoisotopic (exact) mass is 286 g/mol. The van der Waals surface area contributed by atoms with Gasteiger partial charge in [0.2, 0.25) is 0 Å². The Kier molecular flexibility index (Phi) is 3.88. The molecule has 0 saturated carbocycles. The molecule has 2 rings (SSSR count). The van der Waals surface area contributed by atoms with E-state index in [0.29, 0.717) is 18.7 Å². The Hall–Kier alpha value is -1.13. The van der Waals surface area contributed by atoms with Crippen LogP contribution in [-0.4, -0.2) is 26.0 Å². The molecular weight excluding hydrogens is 276 g/mol. The molecule has 0 unspecified atom stereocenters. The van der Waals surface area contributed by atoms with E-state index in [1.807, 2.05) is 6.07 Å². The summed E-state index contributed by atoms with van der Waals surface area (Å²) in [6, 6.07) is 5.98. The van der Waals surface area contributed by atoms with Crippen LogP contribution >= 0.6 is 11.6 Å². The highest BCUT2D eigenvalue weighted by Gasteiger charge is 2.29. The van der Waals surface area contributed by atoms with Gasteiger partial charge in [0.05, 0.1) is 23.3 Å². The van der Waals surface area contributed by atoms with Crippen molar-refractivity contribution in [2.24, 2.45) is 0 Å². The summed E-state index contributed by atoms with van der Waals surface area (Å²) in [4.78, 5) is 5.09. The molecule has 0 aliphatic carbocycles. The number of hydroxylamine groups is 1. The van der Waals surface area contributed by atoms with Crippen molar-refractivity contribution in [3.63, 3.8) is 0 Å². The molecule has 0 spiro atoms. The van der Waals surface area contributed by atoms with Gasteiger partial charge in [-0.25, -0.2) is 8.42 Å². The van der Waals surface area contributed by atoms with Crippen LogP contribution in [0.1, 0.15) is 18.4 Å². The highest BCUT2D eigenvalue weighted by molar-refractivity contribution is 7.89. The zero-order valence-electron chi connectivity index (χ0n) is 9.47. The maximum Gasteiger partial charge on any atom is 0.266 e. The SMILES string of the molecule is N#Cc1ccc(S(=O)(=O)N2CCCCO2)c(Cl)c1. The van der Waals surface area contributed by atoms with Crippen molar-refractivity contribution < 1.29 is 13.3 Å². The molecule has 1 fully saturated rings. The maximum atomic E-state index is 12.2. The summed E-state index contributed by atoms with van der Waals surface area (Å²) < 4.78 is 25.4. The summed E-state index contributed by atoms with van der Waals surface area (Å²) in [5, 5.41) is 8.74. The fourth-order valence-electron chi connectivity index (χ4n) is 1.65. The van der Waals surface area contributed by atoms with Gasteiger partial charge in [-0.05, 0) is 31.0 Å². The van der Waals surface area contributed by atoms with E-state index in [2.05, 4.69) is 0 Å². The van der Waals surface area contributed by atoms with Gasteiger partial charge >= 0.3 is 0 Å². The standard InChI is InChI=1S/C11H11ClN2O3S/c12-10-7-9(8-13)3-4-11(10)18(15,16)14-5-1-2-6-17-14/h3-4,7H,1-2,5-6H2. The molecule has 1 aliphatic rings. The van der Waals surface area contributed by atoms with Gasteiger partial charge in [-0.2, -0.15) is 5.26 Å². The van der Waals surface area contributed by atoms with E-state index in [0.717, 1.165) is 17.3 Å². The van der Waals surface area contributed by atoms with E-state index in [1.54, 1.807) is 0 Å². The summed E-state index contributed by atoms with van der Waals surface area (Å²) in [7, 11) is -3.75. The lowest BCUT2D eigenvalue weighted by molar-refractivity contribution is -0.108. The van der Waals surface area contributed by atoms with Gasteiger partial charge in [-0.1, -0.05) is 16.1 Å². The smallest absolute Gasteiger partial charge is 0.266 e. The Morgan fingerprint density at radius 2 is 2.17 bits per heavy atom. The molecule has 96 valence electrons. The Morgan fingerprint density at radius 3 is 2.72 bits per heavy atom. The van der Waals surface area contributed by atoms with Crippen LogP contribution in [0.2, 0.25) is 5.02 Å². The molecule has 1 heterocycles. The molecule has 5 nitrogen and oxygen atoms in total. The van der Waals surface area contributed by atoms with Crippen molar-refractivity contribution in [1.29, 1.82) is 5.26 Å². The zero-order valence-corrected chi connectivity index (χ0v) is 11.0. The molecule has 7 heteroatoms. The molecule has 0 N–H and O–H groups in total. The molecule has 0 radical (unpaired) electrons. The normalized spacial score (nSPS) is 17.3. The van der Waals surface area contributed by atoms with Crippen molar-refractivity contribution in [3.8, 4) is 6.07 Å². The quantitative estimate of drug-likeness (QED) is 0.833. The minimum Gasteiger partial charge on any atom is -0.284 e. The summed E-state index contributed by atoms with van der Waals surface area (Å²) in [5.74, 6) is 0. The lowest BCUT2D eigenvalue weighted by atomic mass is 10.2. The van der Waals surface area contributed by atoms with E-state index in [9.17, 15) is 8.42 Å². The summed E-state index contributed by atoms with van der Waals surface area (Å²) in [6.07, 6.45) is 1.60. The van der Waals surface area contributed by atoms with Crippen LogP contribution in [0.4, 0.5) is 0 Å². The van der Waals surface area contributed by atoms with Crippen LogP contribution < -0.4 is 0 Å². The van der Waals surface area contributed by atoms with Gasteiger partial charge in [0.25, 0.3) is 10.0 Å². The number of hydrogen-bond donors (Lipinski definition) is 0. The summed E-state index contributed by atoms with van der Waals surface area (Å²) in [5.41, 5.74) is 0.318. The number of nitriles is 1. The Morgan fingerprint density at radius 1 is 1.39 bits per heavy atom. The van der Waals surface area contributed by atoms with Gasteiger partial charge in [0.1, 0.15) is 4.90 Å². The van der Waals surface area contributed by atoms with E-state index in [1.165, 1.54) is 18.2 Å². The lowest BCUT2D eigenvalue weighted by Crippen LogP contribution is -2.35. The first kappa shape index (κ1) is 13.3. The Balaban J connectivity index is 2.38. The minimum absolute atomic E-state index is 0.0308. The molecule has 1 saturated heterocycles. The highest BCUT2D eigenvalue weighted by atomic mass is 35.5. The minimum atomic E-state index is -3.75. The predicted molar refractivity (Wildman–Crippen MR) is 65.2 cm³/mol. The lowest BCUT2D eigenvalue weighted by Gasteiger charge is -2.25. The topological polar surface area (TPSA) is 70.4 Å². The van der Waals surface area contributed by atoms with Crippen LogP contribution in [0.25, 0.3) is 0 Å². The van der Waals surface area contributed by atoms with Crippen molar-refractivity contribution in [3.05, 3.63) is 28.8 Å². The summed E-state index contributed by atoms with van der Waals surface area (Å²) >= 11 is 5.90.